The lowest BCUT2D eigenvalue weighted by atomic mass is 9.93. The van der Waals surface area contributed by atoms with Crippen molar-refractivity contribution in [2.45, 2.75) is 64.4 Å². The molecule has 2 unspecified atom stereocenters. The third-order valence-electron chi connectivity index (χ3n) is 8.56. The molecule has 2 atom stereocenters. The SMILES string of the molecule is CN(C)Cc1ccccc1N1CCN(C(=O)C(Cc2ccc(Cl)cc2)NC(=O)C2Cc3ccccc3CN2C(=O)OC(C)(C)C)CC1. The van der Waals surface area contributed by atoms with E-state index in [1.807, 2.05) is 47.4 Å². The molecule has 0 aromatic heterocycles. The lowest BCUT2D eigenvalue weighted by Gasteiger charge is -2.39. The maximum atomic E-state index is 14.2. The quantitative estimate of drug-likeness (QED) is 0.361. The smallest absolute Gasteiger partial charge is 0.411 e. The summed E-state index contributed by atoms with van der Waals surface area (Å²) in [5.74, 6) is -0.525. The molecule has 0 saturated carbocycles. The summed E-state index contributed by atoms with van der Waals surface area (Å²) in [4.78, 5) is 49.5. The van der Waals surface area contributed by atoms with Crippen LogP contribution in [-0.4, -0.2) is 90.6 Å². The van der Waals surface area contributed by atoms with Crippen LogP contribution in [0.15, 0.2) is 72.8 Å². The third-order valence-corrected chi connectivity index (χ3v) is 8.81. The van der Waals surface area contributed by atoms with E-state index in [4.69, 9.17) is 16.3 Å². The van der Waals surface area contributed by atoms with E-state index < -0.39 is 23.8 Å². The Bertz CT molecular complexity index is 1560. The number of benzene rings is 3. The molecule has 5 rings (SSSR count). The number of fused-ring (bicyclic) bond motifs is 1. The van der Waals surface area contributed by atoms with E-state index in [1.165, 1.54) is 16.2 Å². The van der Waals surface area contributed by atoms with Gasteiger partial charge in [0.15, 0.2) is 0 Å². The van der Waals surface area contributed by atoms with E-state index in [1.54, 1.807) is 32.9 Å². The number of carbonyl (C=O) groups is 3. The van der Waals surface area contributed by atoms with Crippen LogP contribution >= 0.6 is 11.6 Å². The molecule has 3 amide bonds. The minimum absolute atomic E-state index is 0.144. The molecule has 250 valence electrons. The van der Waals surface area contributed by atoms with Gasteiger partial charge in [-0.25, -0.2) is 4.79 Å². The zero-order chi connectivity index (χ0) is 33.7. The Hall–Kier alpha value is -4.08. The standard InChI is InChI=1S/C37H46ClN5O4/c1-37(2,3)47-36(46)43-25-28-11-7-6-10-27(28)23-33(43)34(44)39-31(22-26-14-16-30(38)17-15-26)35(45)42-20-18-41(19-21-42)32-13-9-8-12-29(32)24-40(4)5/h6-17,31,33H,18-25H2,1-5H3,(H,39,44). The molecular formula is C37H46ClN5O4. The molecule has 47 heavy (non-hydrogen) atoms. The van der Waals surface area contributed by atoms with E-state index in [2.05, 4.69) is 47.4 Å². The molecular weight excluding hydrogens is 614 g/mol. The number of anilines is 1. The lowest BCUT2D eigenvalue weighted by molar-refractivity contribution is -0.138. The molecule has 2 heterocycles. The minimum atomic E-state index is -0.828. The lowest BCUT2D eigenvalue weighted by Crippen LogP contribution is -2.59. The first kappa shape index (κ1) is 34.3. The van der Waals surface area contributed by atoms with E-state index in [0.29, 0.717) is 44.0 Å². The van der Waals surface area contributed by atoms with Crippen LogP contribution in [0.4, 0.5) is 10.5 Å². The first-order valence-electron chi connectivity index (χ1n) is 16.3. The van der Waals surface area contributed by atoms with Crippen LogP contribution in [-0.2, 0) is 40.3 Å². The molecule has 0 radical (unpaired) electrons. The number of nitrogens with zero attached hydrogens (tertiary/aromatic N) is 4. The van der Waals surface area contributed by atoms with Crippen LogP contribution in [0.5, 0.6) is 0 Å². The fourth-order valence-corrected chi connectivity index (χ4v) is 6.40. The van der Waals surface area contributed by atoms with Crippen LogP contribution in [0.25, 0.3) is 0 Å². The van der Waals surface area contributed by atoms with Gasteiger partial charge in [0.05, 0.1) is 6.54 Å². The third kappa shape index (κ3) is 8.84. The van der Waals surface area contributed by atoms with Gasteiger partial charge in [-0.1, -0.05) is 66.2 Å². The zero-order valence-electron chi connectivity index (χ0n) is 28.0. The minimum Gasteiger partial charge on any atom is -0.444 e. The van der Waals surface area contributed by atoms with Gasteiger partial charge in [0, 0.05) is 56.3 Å². The summed E-state index contributed by atoms with van der Waals surface area (Å²) in [6, 6.07) is 21.9. The van der Waals surface area contributed by atoms with Crippen LogP contribution in [0, 0.1) is 0 Å². The van der Waals surface area contributed by atoms with Crippen molar-refractivity contribution in [3.05, 3.63) is 100 Å². The summed E-state index contributed by atoms with van der Waals surface area (Å²) < 4.78 is 5.72. The monoisotopic (exact) mass is 659 g/mol. The molecule has 1 N–H and O–H groups in total. The van der Waals surface area contributed by atoms with Gasteiger partial charge in [-0.15, -0.1) is 0 Å². The molecule has 1 saturated heterocycles. The van der Waals surface area contributed by atoms with Gasteiger partial charge in [-0.3, -0.25) is 14.5 Å². The predicted molar refractivity (Wildman–Crippen MR) is 185 cm³/mol. The number of rotatable bonds is 8. The number of para-hydroxylation sites is 1. The molecule has 2 aliphatic rings. The summed E-state index contributed by atoms with van der Waals surface area (Å²) in [6.07, 6.45) is 0.0655. The summed E-state index contributed by atoms with van der Waals surface area (Å²) in [6.45, 7) is 8.92. The fraction of sp³-hybridized carbons (Fsp3) is 0.432. The van der Waals surface area contributed by atoms with Gasteiger partial charge in [0.25, 0.3) is 0 Å². The first-order valence-corrected chi connectivity index (χ1v) is 16.6. The van der Waals surface area contributed by atoms with Crippen molar-refractivity contribution in [2.75, 3.05) is 45.2 Å². The average molecular weight is 660 g/mol. The summed E-state index contributed by atoms with van der Waals surface area (Å²) in [5, 5.41) is 3.66. The van der Waals surface area contributed by atoms with Crippen LogP contribution in [0.2, 0.25) is 5.02 Å². The second-order valence-corrected chi connectivity index (χ2v) is 14.1. The molecule has 3 aromatic rings. The molecule has 10 heteroatoms. The van der Waals surface area contributed by atoms with E-state index in [0.717, 1.165) is 23.2 Å². The number of hydrogen-bond donors (Lipinski definition) is 1. The second-order valence-electron chi connectivity index (χ2n) is 13.7. The Labute approximate surface area is 283 Å². The number of ether oxygens (including phenoxy) is 1. The summed E-state index contributed by atoms with van der Waals surface area (Å²) in [7, 11) is 4.11. The highest BCUT2D eigenvalue weighted by Gasteiger charge is 2.39. The highest BCUT2D eigenvalue weighted by molar-refractivity contribution is 6.30. The van der Waals surface area contributed by atoms with Crippen LogP contribution in [0.1, 0.15) is 43.0 Å². The highest BCUT2D eigenvalue weighted by Crippen LogP contribution is 2.27. The average Bonchev–Trinajstić information content (AvgIpc) is 3.03. The number of carbonyl (C=O) groups excluding carboxylic acids is 3. The topological polar surface area (TPSA) is 85.4 Å². The molecule has 0 bridgehead atoms. The number of piperazine rings is 1. The van der Waals surface area contributed by atoms with E-state index in [9.17, 15) is 14.4 Å². The van der Waals surface area contributed by atoms with E-state index >= 15 is 0 Å². The number of amides is 3. The van der Waals surface area contributed by atoms with Crippen molar-refractivity contribution < 1.29 is 19.1 Å². The van der Waals surface area contributed by atoms with Crippen molar-refractivity contribution in [1.29, 1.82) is 0 Å². The Kier molecular flexibility index (Phi) is 10.8. The zero-order valence-corrected chi connectivity index (χ0v) is 28.8. The van der Waals surface area contributed by atoms with Crippen molar-refractivity contribution in [3.63, 3.8) is 0 Å². The van der Waals surface area contributed by atoms with Gasteiger partial charge in [0.2, 0.25) is 11.8 Å². The van der Waals surface area contributed by atoms with Crippen molar-refractivity contribution >= 4 is 35.2 Å². The molecule has 0 spiro atoms. The van der Waals surface area contributed by atoms with Gasteiger partial charge < -0.3 is 24.8 Å². The van der Waals surface area contributed by atoms with Gasteiger partial charge >= 0.3 is 6.09 Å². The Morgan fingerprint density at radius 3 is 2.21 bits per heavy atom. The molecule has 0 aliphatic carbocycles. The molecule has 9 nitrogen and oxygen atoms in total. The summed E-state index contributed by atoms with van der Waals surface area (Å²) >= 11 is 6.15. The van der Waals surface area contributed by atoms with Crippen LogP contribution < -0.4 is 10.2 Å². The van der Waals surface area contributed by atoms with Gasteiger partial charge in [-0.2, -0.15) is 0 Å². The van der Waals surface area contributed by atoms with Gasteiger partial charge in [-0.05, 0) is 75.3 Å². The molecule has 3 aromatic carbocycles. The fourth-order valence-electron chi connectivity index (χ4n) is 6.28. The highest BCUT2D eigenvalue weighted by atomic mass is 35.5. The van der Waals surface area contributed by atoms with Gasteiger partial charge in [0.1, 0.15) is 17.7 Å². The Morgan fingerprint density at radius 1 is 0.915 bits per heavy atom. The molecule has 1 fully saturated rings. The van der Waals surface area contributed by atoms with Crippen molar-refractivity contribution in [3.8, 4) is 0 Å². The van der Waals surface area contributed by atoms with Crippen molar-refractivity contribution in [1.82, 2.24) is 20.0 Å². The first-order chi connectivity index (χ1) is 22.4. The maximum Gasteiger partial charge on any atom is 0.411 e. The second kappa shape index (κ2) is 14.8. The van der Waals surface area contributed by atoms with E-state index in [-0.39, 0.29) is 18.4 Å². The molecule has 2 aliphatic heterocycles. The maximum absolute atomic E-state index is 14.2. The Morgan fingerprint density at radius 2 is 1.55 bits per heavy atom. The number of hydrogen-bond acceptors (Lipinski definition) is 6. The Balaban J connectivity index is 1.35. The normalized spacial score (nSPS) is 17.3. The van der Waals surface area contributed by atoms with Crippen LogP contribution in [0.3, 0.4) is 0 Å². The number of halogens is 1. The predicted octanol–water partition coefficient (Wildman–Crippen LogP) is 5.14. The summed E-state index contributed by atoms with van der Waals surface area (Å²) in [5.41, 5.74) is 4.55. The number of nitrogens with one attached hydrogen (secondary N) is 1. The van der Waals surface area contributed by atoms with Crippen molar-refractivity contribution in [2.24, 2.45) is 0 Å². The largest absolute Gasteiger partial charge is 0.444 e.